The fraction of sp³-hybridized carbons (Fsp3) is 0.667. The third-order valence-electron chi connectivity index (χ3n) is 2.40. The minimum absolute atomic E-state index is 0.0304. The van der Waals surface area contributed by atoms with Gasteiger partial charge < -0.3 is 20.5 Å². The van der Waals surface area contributed by atoms with Crippen molar-refractivity contribution in [2.45, 2.75) is 19.4 Å². The summed E-state index contributed by atoms with van der Waals surface area (Å²) < 4.78 is 4.90. The van der Waals surface area contributed by atoms with Crippen LogP contribution >= 0.6 is 0 Å². The number of nitrogen functional groups attached to an aromatic ring is 1. The molecule has 0 saturated heterocycles. The number of methoxy groups -OCH3 is 1. The van der Waals surface area contributed by atoms with Crippen LogP contribution in [0.25, 0.3) is 0 Å². The van der Waals surface area contributed by atoms with Gasteiger partial charge in [-0.1, -0.05) is 0 Å². The van der Waals surface area contributed by atoms with Crippen LogP contribution in [-0.4, -0.2) is 46.4 Å². The number of likely N-dealkylation sites (N-methyl/N-ethyl adjacent to an activating group) is 1. The van der Waals surface area contributed by atoms with Crippen molar-refractivity contribution >= 4 is 11.9 Å². The van der Waals surface area contributed by atoms with Crippen molar-refractivity contribution in [2.24, 2.45) is 0 Å². The monoisotopic (exact) mass is 227 g/mol. The maximum atomic E-state index is 9.25. The summed E-state index contributed by atoms with van der Waals surface area (Å²) in [7, 11) is 3.22. The molecule has 0 aliphatic rings. The third-order valence-corrected chi connectivity index (χ3v) is 2.40. The first-order chi connectivity index (χ1) is 7.40. The van der Waals surface area contributed by atoms with Crippen molar-refractivity contribution in [3.8, 4) is 6.01 Å². The van der Waals surface area contributed by atoms with Gasteiger partial charge in [-0.05, 0) is 13.8 Å². The first kappa shape index (κ1) is 12.4. The number of aromatic nitrogens is 3. The Kier molecular flexibility index (Phi) is 3.48. The molecule has 7 nitrogen and oxygen atoms in total. The predicted octanol–water partition coefficient (Wildman–Crippen LogP) is -0.331. The van der Waals surface area contributed by atoms with Gasteiger partial charge in [-0.2, -0.15) is 15.0 Å². The van der Waals surface area contributed by atoms with Crippen LogP contribution in [0.15, 0.2) is 0 Å². The van der Waals surface area contributed by atoms with Gasteiger partial charge in [0.15, 0.2) is 0 Å². The number of anilines is 2. The molecule has 0 fully saturated rings. The van der Waals surface area contributed by atoms with Crippen LogP contribution in [0.3, 0.4) is 0 Å². The molecule has 0 aromatic carbocycles. The molecule has 16 heavy (non-hydrogen) atoms. The zero-order chi connectivity index (χ0) is 12.3. The lowest BCUT2D eigenvalue weighted by Gasteiger charge is -2.33. The van der Waals surface area contributed by atoms with Crippen molar-refractivity contribution in [3.63, 3.8) is 0 Å². The summed E-state index contributed by atoms with van der Waals surface area (Å²) >= 11 is 0. The zero-order valence-corrected chi connectivity index (χ0v) is 9.93. The lowest BCUT2D eigenvalue weighted by molar-refractivity contribution is 0.214. The molecule has 0 aliphatic carbocycles. The molecular weight excluding hydrogens is 210 g/mol. The van der Waals surface area contributed by atoms with Gasteiger partial charge in [-0.3, -0.25) is 0 Å². The van der Waals surface area contributed by atoms with E-state index in [0.717, 1.165) is 0 Å². The van der Waals surface area contributed by atoms with E-state index >= 15 is 0 Å². The van der Waals surface area contributed by atoms with Crippen molar-refractivity contribution in [2.75, 3.05) is 31.4 Å². The molecule has 0 radical (unpaired) electrons. The van der Waals surface area contributed by atoms with Crippen molar-refractivity contribution < 1.29 is 9.84 Å². The topological polar surface area (TPSA) is 97.4 Å². The van der Waals surface area contributed by atoms with Crippen molar-refractivity contribution in [1.29, 1.82) is 0 Å². The van der Waals surface area contributed by atoms with Crippen LogP contribution < -0.4 is 15.4 Å². The average molecular weight is 227 g/mol. The quantitative estimate of drug-likeness (QED) is 0.726. The molecule has 1 aromatic rings. The number of nitrogens with zero attached hydrogens (tertiary/aromatic N) is 4. The Morgan fingerprint density at radius 3 is 2.50 bits per heavy atom. The highest BCUT2D eigenvalue weighted by atomic mass is 16.5. The molecule has 1 aromatic heterocycles. The van der Waals surface area contributed by atoms with Crippen molar-refractivity contribution in [1.82, 2.24) is 15.0 Å². The summed E-state index contributed by atoms with van der Waals surface area (Å²) in [5, 5.41) is 9.25. The number of ether oxygens (including phenoxy) is 1. The van der Waals surface area contributed by atoms with Crippen LogP contribution in [0.5, 0.6) is 6.01 Å². The molecule has 0 amide bonds. The van der Waals surface area contributed by atoms with Gasteiger partial charge in [0.25, 0.3) is 0 Å². The highest BCUT2D eigenvalue weighted by Gasteiger charge is 2.25. The molecule has 1 heterocycles. The molecule has 0 aliphatic heterocycles. The summed E-state index contributed by atoms with van der Waals surface area (Å²) in [6.07, 6.45) is 0. The SMILES string of the molecule is COc1nc(N)nc(N(C)C(C)(C)CO)n1. The van der Waals surface area contributed by atoms with E-state index in [-0.39, 0.29) is 18.6 Å². The second-order valence-corrected chi connectivity index (χ2v) is 4.01. The Morgan fingerprint density at radius 1 is 1.38 bits per heavy atom. The summed E-state index contributed by atoms with van der Waals surface area (Å²) in [6.45, 7) is 3.69. The fourth-order valence-corrected chi connectivity index (χ4v) is 0.979. The van der Waals surface area contributed by atoms with Gasteiger partial charge in [-0.25, -0.2) is 0 Å². The van der Waals surface area contributed by atoms with Crippen LogP contribution in [0.2, 0.25) is 0 Å². The average Bonchev–Trinajstić information content (AvgIpc) is 2.27. The minimum atomic E-state index is -0.487. The lowest BCUT2D eigenvalue weighted by atomic mass is 10.1. The number of rotatable bonds is 4. The minimum Gasteiger partial charge on any atom is -0.467 e. The molecule has 3 N–H and O–H groups in total. The Bertz CT molecular complexity index is 369. The van der Waals surface area contributed by atoms with Gasteiger partial charge in [0.1, 0.15) is 0 Å². The Hall–Kier alpha value is -1.63. The van der Waals surface area contributed by atoms with Crippen LogP contribution in [0.4, 0.5) is 11.9 Å². The number of aliphatic hydroxyl groups excluding tert-OH is 1. The van der Waals surface area contributed by atoms with E-state index in [0.29, 0.717) is 5.95 Å². The lowest BCUT2D eigenvalue weighted by Crippen LogP contribution is -2.45. The maximum Gasteiger partial charge on any atom is 0.322 e. The normalized spacial score (nSPS) is 11.3. The molecule has 0 bridgehead atoms. The maximum absolute atomic E-state index is 9.25. The van der Waals surface area contributed by atoms with Gasteiger partial charge in [0, 0.05) is 7.05 Å². The molecule has 1 rings (SSSR count). The van der Waals surface area contributed by atoms with E-state index < -0.39 is 5.54 Å². The molecular formula is C9H17N5O2. The number of hydrogen-bond acceptors (Lipinski definition) is 7. The Labute approximate surface area is 94.3 Å². The fourth-order valence-electron chi connectivity index (χ4n) is 0.979. The highest BCUT2D eigenvalue weighted by molar-refractivity contribution is 5.37. The highest BCUT2D eigenvalue weighted by Crippen LogP contribution is 2.19. The van der Waals surface area contributed by atoms with E-state index in [2.05, 4.69) is 15.0 Å². The smallest absolute Gasteiger partial charge is 0.322 e. The molecule has 0 atom stereocenters. The van der Waals surface area contributed by atoms with Crippen molar-refractivity contribution in [3.05, 3.63) is 0 Å². The summed E-state index contributed by atoms with van der Waals surface area (Å²) in [6, 6.07) is 0.156. The number of nitrogens with two attached hydrogens (primary N) is 1. The number of aliphatic hydroxyl groups is 1. The molecule has 0 saturated carbocycles. The van der Waals surface area contributed by atoms with Gasteiger partial charge in [0.2, 0.25) is 11.9 Å². The Balaban J connectivity index is 3.08. The third kappa shape index (κ3) is 2.48. The van der Waals surface area contributed by atoms with E-state index in [1.54, 1.807) is 11.9 Å². The van der Waals surface area contributed by atoms with E-state index in [1.165, 1.54) is 7.11 Å². The van der Waals surface area contributed by atoms with Gasteiger partial charge >= 0.3 is 6.01 Å². The van der Waals surface area contributed by atoms with E-state index in [4.69, 9.17) is 10.5 Å². The second-order valence-electron chi connectivity index (χ2n) is 4.01. The van der Waals surface area contributed by atoms with Crippen LogP contribution in [-0.2, 0) is 0 Å². The first-order valence-electron chi connectivity index (χ1n) is 4.81. The van der Waals surface area contributed by atoms with Crippen LogP contribution in [0, 0.1) is 0 Å². The van der Waals surface area contributed by atoms with Crippen LogP contribution in [0.1, 0.15) is 13.8 Å². The molecule has 0 spiro atoms. The van der Waals surface area contributed by atoms with Gasteiger partial charge in [0.05, 0.1) is 19.3 Å². The molecule has 90 valence electrons. The van der Waals surface area contributed by atoms with E-state index in [1.807, 2.05) is 13.8 Å². The summed E-state index contributed by atoms with van der Waals surface area (Å²) in [5.74, 6) is 0.450. The zero-order valence-electron chi connectivity index (χ0n) is 9.93. The first-order valence-corrected chi connectivity index (χ1v) is 4.81. The number of hydrogen-bond donors (Lipinski definition) is 2. The van der Waals surface area contributed by atoms with Gasteiger partial charge in [-0.15, -0.1) is 0 Å². The van der Waals surface area contributed by atoms with E-state index in [9.17, 15) is 5.11 Å². The summed E-state index contributed by atoms with van der Waals surface area (Å²) in [5.41, 5.74) is 5.04. The summed E-state index contributed by atoms with van der Waals surface area (Å²) in [4.78, 5) is 13.5. The standard InChI is InChI=1S/C9H17N5O2/c1-9(2,5-15)14(3)7-11-6(10)12-8(13-7)16-4/h15H,5H2,1-4H3,(H2,10,11,12,13). The molecule has 7 heteroatoms. The largest absolute Gasteiger partial charge is 0.467 e. The second kappa shape index (κ2) is 4.48. The predicted molar refractivity (Wildman–Crippen MR) is 60.4 cm³/mol. The molecule has 0 unspecified atom stereocenters. The Morgan fingerprint density at radius 2 is 2.00 bits per heavy atom.